The van der Waals surface area contributed by atoms with Crippen LogP contribution in [0, 0.1) is 5.92 Å². The van der Waals surface area contributed by atoms with Crippen LogP contribution in [0.2, 0.25) is 0 Å². The lowest BCUT2D eigenvalue weighted by Gasteiger charge is -2.47. The first-order valence-corrected chi connectivity index (χ1v) is 7.31. The molecule has 0 aromatic heterocycles. The van der Waals surface area contributed by atoms with Gasteiger partial charge in [-0.25, -0.2) is 0 Å². The Bertz CT molecular complexity index is 419. The second-order valence-electron chi connectivity index (χ2n) is 6.14. The molecule has 0 spiro atoms. The summed E-state index contributed by atoms with van der Waals surface area (Å²) in [5, 5.41) is 0. The van der Waals surface area contributed by atoms with E-state index < -0.39 is 0 Å². The summed E-state index contributed by atoms with van der Waals surface area (Å²) >= 11 is 0. The van der Waals surface area contributed by atoms with Gasteiger partial charge in [0.25, 0.3) is 0 Å². The second-order valence-corrected chi connectivity index (χ2v) is 6.14. The van der Waals surface area contributed by atoms with Crippen molar-refractivity contribution in [3.63, 3.8) is 0 Å². The summed E-state index contributed by atoms with van der Waals surface area (Å²) in [6.45, 7) is 4.33. The molecule has 2 N–H and O–H groups in total. The predicted molar refractivity (Wildman–Crippen MR) is 76.9 cm³/mol. The molecule has 1 aromatic rings. The zero-order valence-electron chi connectivity index (χ0n) is 11.4. The van der Waals surface area contributed by atoms with Crippen LogP contribution in [-0.4, -0.2) is 18.6 Å². The van der Waals surface area contributed by atoms with Crippen LogP contribution in [0.4, 0.5) is 5.69 Å². The maximum Gasteiger partial charge on any atom is 0.0524 e. The molecule has 1 fully saturated rings. The molecule has 0 bridgehead atoms. The molecule has 2 nitrogen and oxygen atoms in total. The number of nitrogens with two attached hydrogens (primary N) is 1. The van der Waals surface area contributed by atoms with Gasteiger partial charge < -0.3 is 10.6 Å². The summed E-state index contributed by atoms with van der Waals surface area (Å²) < 4.78 is 0. The minimum Gasteiger partial charge on any atom is -0.364 e. The number of hydrogen-bond acceptors (Lipinski definition) is 2. The first-order valence-electron chi connectivity index (χ1n) is 7.31. The molecule has 1 aliphatic heterocycles. The van der Waals surface area contributed by atoms with Crippen molar-refractivity contribution in [1.82, 2.24) is 0 Å². The molecule has 1 saturated carbocycles. The molecule has 2 heteroatoms. The van der Waals surface area contributed by atoms with Gasteiger partial charge in [-0.2, -0.15) is 0 Å². The van der Waals surface area contributed by atoms with Crippen LogP contribution in [0.25, 0.3) is 0 Å². The Labute approximate surface area is 110 Å². The molecule has 1 heterocycles. The fourth-order valence-corrected chi connectivity index (χ4v) is 3.71. The van der Waals surface area contributed by atoms with E-state index in [-0.39, 0.29) is 5.54 Å². The predicted octanol–water partition coefficient (Wildman–Crippen LogP) is 2.96. The zero-order valence-corrected chi connectivity index (χ0v) is 11.4. The topological polar surface area (TPSA) is 29.3 Å². The van der Waals surface area contributed by atoms with Gasteiger partial charge in [-0.1, -0.05) is 25.1 Å². The Morgan fingerprint density at radius 1 is 1.28 bits per heavy atom. The van der Waals surface area contributed by atoms with E-state index >= 15 is 0 Å². The van der Waals surface area contributed by atoms with E-state index in [9.17, 15) is 0 Å². The van der Waals surface area contributed by atoms with Gasteiger partial charge in [0, 0.05) is 18.8 Å². The second kappa shape index (κ2) is 4.58. The van der Waals surface area contributed by atoms with Crippen molar-refractivity contribution in [2.24, 2.45) is 11.7 Å². The van der Waals surface area contributed by atoms with Gasteiger partial charge >= 0.3 is 0 Å². The Kier molecular flexibility index (Phi) is 3.06. The van der Waals surface area contributed by atoms with Crippen LogP contribution in [0.1, 0.15) is 38.2 Å². The summed E-state index contributed by atoms with van der Waals surface area (Å²) in [6.07, 6.45) is 6.37. The average Bonchev–Trinajstić information content (AvgIpc) is 2.85. The van der Waals surface area contributed by atoms with Crippen LogP contribution in [0.5, 0.6) is 0 Å². The third-order valence-corrected chi connectivity index (χ3v) is 5.04. The summed E-state index contributed by atoms with van der Waals surface area (Å²) in [7, 11) is 0. The summed E-state index contributed by atoms with van der Waals surface area (Å²) in [4.78, 5) is 2.62. The summed E-state index contributed by atoms with van der Waals surface area (Å²) in [5.41, 5.74) is 9.36. The maximum absolute atomic E-state index is 6.18. The zero-order chi connectivity index (χ0) is 12.6. The monoisotopic (exact) mass is 244 g/mol. The Hall–Kier alpha value is -1.02. The fourth-order valence-electron chi connectivity index (χ4n) is 3.71. The fraction of sp³-hybridized carbons (Fsp3) is 0.625. The van der Waals surface area contributed by atoms with Crippen molar-refractivity contribution >= 4 is 5.69 Å². The van der Waals surface area contributed by atoms with Gasteiger partial charge in [0.15, 0.2) is 0 Å². The Morgan fingerprint density at radius 2 is 2.00 bits per heavy atom. The molecule has 0 atom stereocenters. The number of nitrogens with zero attached hydrogens (tertiary/aromatic N) is 1. The van der Waals surface area contributed by atoms with Crippen molar-refractivity contribution in [2.75, 3.05) is 18.0 Å². The van der Waals surface area contributed by atoms with Gasteiger partial charge in [-0.05, 0) is 49.7 Å². The molecular weight excluding hydrogens is 220 g/mol. The summed E-state index contributed by atoms with van der Waals surface area (Å²) in [5.74, 6) is 0.877. The quantitative estimate of drug-likeness (QED) is 0.866. The van der Waals surface area contributed by atoms with Gasteiger partial charge in [0.05, 0.1) is 5.54 Å². The Balaban J connectivity index is 1.90. The number of anilines is 1. The molecule has 3 rings (SSSR count). The first-order chi connectivity index (χ1) is 8.75. The standard InChI is InChI=1S/C16H24N2/c1-13-6-9-16(12-17,10-7-13)18-11-8-14-4-2-3-5-15(14)18/h2-5,13H,6-12,17H2,1H3. The lowest BCUT2D eigenvalue weighted by Crippen LogP contribution is -2.55. The van der Waals surface area contributed by atoms with Crippen molar-refractivity contribution in [3.8, 4) is 0 Å². The van der Waals surface area contributed by atoms with E-state index in [1.165, 1.54) is 43.4 Å². The Morgan fingerprint density at radius 3 is 2.72 bits per heavy atom. The van der Waals surface area contributed by atoms with Crippen LogP contribution in [0.15, 0.2) is 24.3 Å². The maximum atomic E-state index is 6.18. The number of para-hydroxylation sites is 1. The van der Waals surface area contributed by atoms with E-state index in [0.717, 1.165) is 19.0 Å². The van der Waals surface area contributed by atoms with Crippen LogP contribution in [0.3, 0.4) is 0 Å². The van der Waals surface area contributed by atoms with Gasteiger partial charge in [-0.3, -0.25) is 0 Å². The molecule has 0 saturated heterocycles. The van der Waals surface area contributed by atoms with E-state index in [4.69, 9.17) is 5.73 Å². The lowest BCUT2D eigenvalue weighted by atomic mass is 9.76. The minimum absolute atomic E-state index is 0.235. The van der Waals surface area contributed by atoms with E-state index in [1.54, 1.807) is 0 Å². The first kappa shape index (κ1) is 12.0. The highest BCUT2D eigenvalue weighted by atomic mass is 15.2. The molecule has 98 valence electrons. The van der Waals surface area contributed by atoms with Crippen molar-refractivity contribution in [2.45, 2.75) is 44.6 Å². The van der Waals surface area contributed by atoms with E-state index in [0.29, 0.717) is 0 Å². The highest BCUT2D eigenvalue weighted by molar-refractivity contribution is 5.60. The van der Waals surface area contributed by atoms with Crippen LogP contribution < -0.4 is 10.6 Å². The number of hydrogen-bond donors (Lipinski definition) is 1. The van der Waals surface area contributed by atoms with Crippen molar-refractivity contribution in [1.29, 1.82) is 0 Å². The highest BCUT2D eigenvalue weighted by Gasteiger charge is 2.40. The average molecular weight is 244 g/mol. The smallest absolute Gasteiger partial charge is 0.0524 e. The van der Waals surface area contributed by atoms with Gasteiger partial charge in [0.1, 0.15) is 0 Å². The third-order valence-electron chi connectivity index (χ3n) is 5.04. The molecule has 0 radical (unpaired) electrons. The van der Waals surface area contributed by atoms with Crippen LogP contribution in [-0.2, 0) is 6.42 Å². The van der Waals surface area contributed by atoms with Gasteiger partial charge in [0.2, 0.25) is 0 Å². The molecule has 18 heavy (non-hydrogen) atoms. The number of rotatable bonds is 2. The van der Waals surface area contributed by atoms with Crippen LogP contribution >= 0.6 is 0 Å². The van der Waals surface area contributed by atoms with Crippen molar-refractivity contribution in [3.05, 3.63) is 29.8 Å². The molecule has 0 amide bonds. The molecule has 1 aromatic carbocycles. The molecule has 2 aliphatic rings. The summed E-state index contributed by atoms with van der Waals surface area (Å²) in [6, 6.07) is 8.86. The van der Waals surface area contributed by atoms with Crippen molar-refractivity contribution < 1.29 is 0 Å². The van der Waals surface area contributed by atoms with E-state index in [1.807, 2.05) is 0 Å². The normalized spacial score (nSPS) is 31.4. The largest absolute Gasteiger partial charge is 0.364 e. The number of fused-ring (bicyclic) bond motifs is 1. The molecule has 0 unspecified atom stereocenters. The molecule has 1 aliphatic carbocycles. The van der Waals surface area contributed by atoms with E-state index in [2.05, 4.69) is 36.1 Å². The highest BCUT2D eigenvalue weighted by Crippen LogP contribution is 2.41. The third kappa shape index (κ3) is 1.83. The number of benzene rings is 1. The lowest BCUT2D eigenvalue weighted by molar-refractivity contribution is 0.238. The molecular formula is C16H24N2. The minimum atomic E-state index is 0.235. The SMILES string of the molecule is CC1CCC(CN)(N2CCc3ccccc32)CC1. The van der Waals surface area contributed by atoms with Gasteiger partial charge in [-0.15, -0.1) is 0 Å².